The molecule has 0 unspecified atom stereocenters. The number of rotatable bonds is 9. The van der Waals surface area contributed by atoms with E-state index in [0.29, 0.717) is 18.4 Å². The third kappa shape index (κ3) is 6.62. The Labute approximate surface area is 233 Å². The standard InChI is InChI=1S/C28H33N5O6S/c1-19(2)17-24(31-27(35)23-14-13-20-9-4-5-10-21(20)29-23)28(36)30-22-11-8-15-32(18-25(22)34)40(37,38)26-12-6-7-16-33(26)39-3/h4-7,9-10,12-14,16,19,22,24H,8,11,15,17-18H2,1-3H3,(H-,30,31,35,36)/p+1/t22-,24-/m0/s1. The number of nitrogens with one attached hydrogen (secondary N) is 2. The number of pyridine rings is 2. The van der Waals surface area contributed by atoms with Crippen molar-refractivity contribution in [2.75, 3.05) is 20.2 Å². The van der Waals surface area contributed by atoms with Crippen LogP contribution < -0.4 is 20.2 Å². The average Bonchev–Trinajstić information content (AvgIpc) is 3.13. The SMILES string of the molecule is CO[n+]1ccccc1S(=O)(=O)N1CCC[C@H](NC(=O)[C@H](CC(C)C)NC(=O)c2ccc3ccccc3n2)C(=O)C1. The Morgan fingerprint density at radius 3 is 2.62 bits per heavy atom. The van der Waals surface area contributed by atoms with Crippen molar-refractivity contribution in [3.8, 4) is 0 Å². The van der Waals surface area contributed by atoms with Crippen molar-refractivity contribution in [1.29, 1.82) is 0 Å². The minimum absolute atomic E-state index is 0.0736. The van der Waals surface area contributed by atoms with E-state index in [0.717, 1.165) is 14.4 Å². The van der Waals surface area contributed by atoms with Crippen LogP contribution in [0.5, 0.6) is 0 Å². The zero-order valence-electron chi connectivity index (χ0n) is 22.7. The monoisotopic (exact) mass is 568 g/mol. The molecular formula is C28H34N5O6S+. The Hall–Kier alpha value is -3.90. The number of carbonyl (C=O) groups is 3. The first kappa shape index (κ1) is 29.1. The van der Waals surface area contributed by atoms with Gasteiger partial charge in [-0.3, -0.25) is 19.2 Å². The molecule has 1 aliphatic heterocycles. The van der Waals surface area contributed by atoms with E-state index in [9.17, 15) is 22.8 Å². The summed E-state index contributed by atoms with van der Waals surface area (Å²) in [5, 5.41) is 6.32. The van der Waals surface area contributed by atoms with Gasteiger partial charge in [-0.05, 0) is 43.4 Å². The number of Topliss-reactive ketones (excluding diaryl/α,β-unsaturated/α-hetero) is 1. The number of nitrogens with zero attached hydrogens (tertiary/aromatic N) is 3. The van der Waals surface area contributed by atoms with Gasteiger partial charge >= 0.3 is 15.0 Å². The Morgan fingerprint density at radius 2 is 1.88 bits per heavy atom. The van der Waals surface area contributed by atoms with Gasteiger partial charge in [0.15, 0.2) is 5.78 Å². The lowest BCUT2D eigenvalue weighted by Gasteiger charge is -2.23. The van der Waals surface area contributed by atoms with Crippen molar-refractivity contribution in [2.24, 2.45) is 5.92 Å². The maximum Gasteiger partial charge on any atom is 0.362 e. The summed E-state index contributed by atoms with van der Waals surface area (Å²) < 4.78 is 28.8. The molecule has 0 saturated carbocycles. The summed E-state index contributed by atoms with van der Waals surface area (Å²) in [6, 6.07) is 13.6. The minimum atomic E-state index is -4.03. The molecular weight excluding hydrogens is 534 g/mol. The van der Waals surface area contributed by atoms with Gasteiger partial charge in [0.25, 0.3) is 5.91 Å². The van der Waals surface area contributed by atoms with E-state index in [1.54, 1.807) is 30.3 Å². The van der Waals surface area contributed by atoms with Crippen LogP contribution in [0.15, 0.2) is 65.8 Å². The first-order chi connectivity index (χ1) is 19.1. The molecule has 1 aromatic carbocycles. The van der Waals surface area contributed by atoms with Gasteiger partial charge in [-0.15, -0.1) is 0 Å². The molecule has 0 aliphatic carbocycles. The van der Waals surface area contributed by atoms with Crippen LogP contribution in [0.1, 0.15) is 43.6 Å². The molecule has 212 valence electrons. The Morgan fingerprint density at radius 1 is 1.12 bits per heavy atom. The fourth-order valence-electron chi connectivity index (χ4n) is 4.65. The second-order valence-corrected chi connectivity index (χ2v) is 12.0. The fraction of sp³-hybridized carbons (Fsp3) is 0.393. The highest BCUT2D eigenvalue weighted by Crippen LogP contribution is 2.18. The molecule has 11 nitrogen and oxygen atoms in total. The van der Waals surface area contributed by atoms with Crippen LogP contribution in [0.2, 0.25) is 0 Å². The molecule has 1 fully saturated rings. The zero-order chi connectivity index (χ0) is 28.9. The third-order valence-electron chi connectivity index (χ3n) is 6.69. The van der Waals surface area contributed by atoms with Gasteiger partial charge in [-0.1, -0.05) is 38.1 Å². The number of benzene rings is 1. The molecule has 2 amide bonds. The molecule has 1 saturated heterocycles. The van der Waals surface area contributed by atoms with E-state index in [1.165, 1.54) is 19.4 Å². The fourth-order valence-corrected chi connectivity index (χ4v) is 6.19. The molecule has 3 heterocycles. The Balaban J connectivity index is 1.46. The van der Waals surface area contributed by atoms with Crippen LogP contribution in [0, 0.1) is 5.92 Å². The molecule has 3 aromatic rings. The van der Waals surface area contributed by atoms with Crippen LogP contribution >= 0.6 is 0 Å². The number of para-hydroxylation sites is 1. The molecule has 2 N–H and O–H groups in total. The highest BCUT2D eigenvalue weighted by molar-refractivity contribution is 7.89. The molecule has 40 heavy (non-hydrogen) atoms. The minimum Gasteiger partial charge on any atom is -0.344 e. The van der Waals surface area contributed by atoms with E-state index in [-0.39, 0.29) is 29.6 Å². The van der Waals surface area contributed by atoms with E-state index in [1.807, 2.05) is 32.0 Å². The number of hydrogen-bond donors (Lipinski definition) is 2. The molecule has 0 bridgehead atoms. The van der Waals surface area contributed by atoms with Crippen LogP contribution in [-0.2, 0) is 19.6 Å². The van der Waals surface area contributed by atoms with Gasteiger partial charge in [0, 0.05) is 28.8 Å². The maximum absolute atomic E-state index is 13.3. The van der Waals surface area contributed by atoms with E-state index in [2.05, 4.69) is 15.6 Å². The summed E-state index contributed by atoms with van der Waals surface area (Å²) in [6.07, 6.45) is 2.44. The molecule has 1 aliphatic rings. The van der Waals surface area contributed by atoms with Gasteiger partial charge < -0.3 is 10.6 Å². The lowest BCUT2D eigenvalue weighted by Crippen LogP contribution is -2.53. The molecule has 12 heteroatoms. The molecule has 2 aromatic heterocycles. The van der Waals surface area contributed by atoms with Gasteiger partial charge in [0.05, 0.1) is 18.1 Å². The van der Waals surface area contributed by atoms with Crippen LogP contribution in [0.25, 0.3) is 10.9 Å². The van der Waals surface area contributed by atoms with Crippen molar-refractivity contribution in [2.45, 2.75) is 50.2 Å². The molecule has 0 spiro atoms. The number of hydrogen-bond acceptors (Lipinski definition) is 7. The van der Waals surface area contributed by atoms with Gasteiger partial charge in [0.2, 0.25) is 12.1 Å². The topological polar surface area (TPSA) is 139 Å². The highest BCUT2D eigenvalue weighted by Gasteiger charge is 2.38. The van der Waals surface area contributed by atoms with Crippen LogP contribution in [0.4, 0.5) is 0 Å². The quantitative estimate of drug-likeness (QED) is 0.371. The van der Waals surface area contributed by atoms with E-state index in [4.69, 9.17) is 4.84 Å². The molecule has 0 radical (unpaired) electrons. The first-order valence-electron chi connectivity index (χ1n) is 13.1. The zero-order valence-corrected chi connectivity index (χ0v) is 23.6. The normalized spacial score (nSPS) is 17.3. The summed E-state index contributed by atoms with van der Waals surface area (Å²) in [5.41, 5.74) is 0.843. The Bertz CT molecular complexity index is 1510. The number of ketones is 1. The predicted molar refractivity (Wildman–Crippen MR) is 147 cm³/mol. The lowest BCUT2D eigenvalue weighted by atomic mass is 10.0. The number of aromatic nitrogens is 2. The number of amides is 2. The number of sulfonamides is 1. The summed E-state index contributed by atoms with van der Waals surface area (Å²) in [5.74, 6) is -1.35. The number of carbonyl (C=O) groups excluding carboxylic acids is 3. The lowest BCUT2D eigenvalue weighted by molar-refractivity contribution is -0.914. The summed E-state index contributed by atoms with van der Waals surface area (Å²) in [6.45, 7) is 3.57. The first-order valence-corrected chi connectivity index (χ1v) is 14.6. The van der Waals surface area contributed by atoms with E-state index < -0.39 is 46.2 Å². The third-order valence-corrected chi connectivity index (χ3v) is 8.52. The van der Waals surface area contributed by atoms with Gasteiger partial charge in [-0.25, -0.2) is 13.4 Å². The second-order valence-electron chi connectivity index (χ2n) is 10.1. The average molecular weight is 569 g/mol. The van der Waals surface area contributed by atoms with Crippen molar-refractivity contribution in [1.82, 2.24) is 19.9 Å². The van der Waals surface area contributed by atoms with Crippen molar-refractivity contribution in [3.63, 3.8) is 0 Å². The summed E-state index contributed by atoms with van der Waals surface area (Å²) in [4.78, 5) is 49.0. The van der Waals surface area contributed by atoms with Crippen molar-refractivity contribution < 1.29 is 32.4 Å². The maximum atomic E-state index is 13.3. The molecule has 4 rings (SSSR count). The van der Waals surface area contributed by atoms with Gasteiger partial charge in [-0.2, -0.15) is 4.31 Å². The number of fused-ring (bicyclic) bond motifs is 1. The predicted octanol–water partition coefficient (Wildman–Crippen LogP) is 1.26. The van der Waals surface area contributed by atoms with E-state index >= 15 is 0 Å². The van der Waals surface area contributed by atoms with Crippen molar-refractivity contribution in [3.05, 3.63) is 66.5 Å². The van der Waals surface area contributed by atoms with Crippen LogP contribution in [-0.4, -0.2) is 67.6 Å². The summed E-state index contributed by atoms with van der Waals surface area (Å²) in [7, 11) is -2.69. The van der Waals surface area contributed by atoms with Crippen LogP contribution in [0.3, 0.4) is 0 Å². The Kier molecular flexibility index (Phi) is 9.10. The highest BCUT2D eigenvalue weighted by atomic mass is 32.2. The van der Waals surface area contributed by atoms with Crippen molar-refractivity contribution >= 4 is 38.5 Å². The summed E-state index contributed by atoms with van der Waals surface area (Å²) >= 11 is 0. The smallest absolute Gasteiger partial charge is 0.344 e. The largest absolute Gasteiger partial charge is 0.362 e. The molecule has 2 atom stereocenters. The van der Waals surface area contributed by atoms with Gasteiger partial charge in [0.1, 0.15) is 18.8 Å². The second kappa shape index (κ2) is 12.5.